The van der Waals surface area contributed by atoms with E-state index in [1.807, 2.05) is 11.8 Å². The number of rotatable bonds is 5. The van der Waals surface area contributed by atoms with Crippen molar-refractivity contribution < 1.29 is 14.7 Å². The van der Waals surface area contributed by atoms with E-state index in [0.717, 1.165) is 37.9 Å². The quantitative estimate of drug-likeness (QED) is 0.829. The van der Waals surface area contributed by atoms with Crippen molar-refractivity contribution in [1.29, 1.82) is 0 Å². The number of imidazole rings is 1. The summed E-state index contributed by atoms with van der Waals surface area (Å²) in [6.07, 6.45) is 7.13. The number of H-pyrrole nitrogens is 1. The van der Waals surface area contributed by atoms with Gasteiger partial charge in [0.1, 0.15) is 6.10 Å². The van der Waals surface area contributed by atoms with Gasteiger partial charge in [0.05, 0.1) is 6.33 Å². The highest BCUT2D eigenvalue weighted by atomic mass is 16.3. The molecule has 1 spiro atoms. The van der Waals surface area contributed by atoms with E-state index >= 15 is 0 Å². The van der Waals surface area contributed by atoms with Gasteiger partial charge in [-0.2, -0.15) is 0 Å². The molecule has 3 heterocycles. The minimum atomic E-state index is -0.882. The lowest BCUT2D eigenvalue weighted by Gasteiger charge is -2.47. The van der Waals surface area contributed by atoms with Gasteiger partial charge in [-0.3, -0.25) is 9.59 Å². The van der Waals surface area contributed by atoms with Gasteiger partial charge in [0, 0.05) is 50.9 Å². The van der Waals surface area contributed by atoms with Gasteiger partial charge in [-0.15, -0.1) is 0 Å². The predicted octanol–water partition coefficient (Wildman–Crippen LogP) is 0.954. The second-order valence-corrected chi connectivity index (χ2v) is 7.39. The van der Waals surface area contributed by atoms with Crippen molar-refractivity contribution in [1.82, 2.24) is 19.8 Å². The number of carbonyl (C=O) groups is 2. The standard InChI is InChI=1S/C18H28N4O3/c1-2-15(23)17(25)21-9-6-18(7-10-21)5-3-16(24)22(12-18)8-4-14-11-19-13-20-14/h11,13,15,23H,2-10,12H2,1H3,(H,19,20)/t15-/m0/s1. The molecule has 2 aliphatic rings. The van der Waals surface area contributed by atoms with E-state index in [-0.39, 0.29) is 17.2 Å². The number of likely N-dealkylation sites (tertiary alicyclic amines) is 2. The molecule has 1 atom stereocenters. The Bertz CT molecular complexity index is 593. The molecular weight excluding hydrogens is 320 g/mol. The van der Waals surface area contributed by atoms with E-state index in [9.17, 15) is 14.7 Å². The van der Waals surface area contributed by atoms with Crippen molar-refractivity contribution in [3.05, 3.63) is 18.2 Å². The Labute approximate surface area is 148 Å². The molecular formula is C18H28N4O3. The van der Waals surface area contributed by atoms with Gasteiger partial charge >= 0.3 is 0 Å². The van der Waals surface area contributed by atoms with Crippen molar-refractivity contribution in [2.75, 3.05) is 26.2 Å². The van der Waals surface area contributed by atoms with Crippen LogP contribution < -0.4 is 0 Å². The van der Waals surface area contributed by atoms with Crippen molar-refractivity contribution in [3.63, 3.8) is 0 Å². The lowest BCUT2D eigenvalue weighted by atomic mass is 9.72. The van der Waals surface area contributed by atoms with Crippen LogP contribution in [0.3, 0.4) is 0 Å². The predicted molar refractivity (Wildman–Crippen MR) is 92.7 cm³/mol. The third kappa shape index (κ3) is 4.03. The van der Waals surface area contributed by atoms with Crippen LogP contribution >= 0.6 is 0 Å². The van der Waals surface area contributed by atoms with Crippen LogP contribution in [0.15, 0.2) is 12.5 Å². The van der Waals surface area contributed by atoms with Gasteiger partial charge in [0.15, 0.2) is 0 Å². The Morgan fingerprint density at radius 1 is 1.40 bits per heavy atom. The first-order valence-corrected chi connectivity index (χ1v) is 9.25. The minimum Gasteiger partial charge on any atom is -0.383 e. The van der Waals surface area contributed by atoms with Crippen molar-refractivity contribution in [2.24, 2.45) is 5.41 Å². The van der Waals surface area contributed by atoms with Gasteiger partial charge in [-0.1, -0.05) is 6.92 Å². The largest absolute Gasteiger partial charge is 0.383 e. The summed E-state index contributed by atoms with van der Waals surface area (Å²) in [7, 11) is 0. The molecule has 0 aromatic carbocycles. The third-order valence-electron chi connectivity index (χ3n) is 5.76. The molecule has 1 aromatic heterocycles. The molecule has 0 unspecified atom stereocenters. The molecule has 7 nitrogen and oxygen atoms in total. The van der Waals surface area contributed by atoms with Gasteiger partial charge in [-0.25, -0.2) is 4.98 Å². The molecule has 25 heavy (non-hydrogen) atoms. The number of aromatic amines is 1. The summed E-state index contributed by atoms with van der Waals surface area (Å²) in [5.41, 5.74) is 1.16. The fourth-order valence-corrected chi connectivity index (χ4v) is 3.98. The molecule has 3 rings (SSSR count). The van der Waals surface area contributed by atoms with Gasteiger partial charge in [0.2, 0.25) is 5.91 Å². The summed E-state index contributed by atoms with van der Waals surface area (Å²) in [5.74, 6) is 0.0744. The molecule has 2 aliphatic heterocycles. The Morgan fingerprint density at radius 2 is 2.16 bits per heavy atom. The fraction of sp³-hybridized carbons (Fsp3) is 0.722. The monoisotopic (exact) mass is 348 g/mol. The zero-order chi connectivity index (χ0) is 17.9. The molecule has 7 heteroatoms. The topological polar surface area (TPSA) is 89.5 Å². The minimum absolute atomic E-state index is 0.121. The number of piperidine rings is 2. The average Bonchev–Trinajstić information content (AvgIpc) is 3.15. The average molecular weight is 348 g/mol. The molecule has 1 aromatic rings. The van der Waals surface area contributed by atoms with Crippen LogP contribution in [0.1, 0.15) is 44.7 Å². The van der Waals surface area contributed by atoms with Gasteiger partial charge < -0.3 is 19.9 Å². The summed E-state index contributed by atoms with van der Waals surface area (Å²) in [4.78, 5) is 35.3. The second kappa shape index (κ2) is 7.56. The Morgan fingerprint density at radius 3 is 2.80 bits per heavy atom. The zero-order valence-corrected chi connectivity index (χ0v) is 14.9. The van der Waals surface area contributed by atoms with E-state index < -0.39 is 6.10 Å². The highest BCUT2D eigenvalue weighted by Crippen LogP contribution is 2.40. The maximum Gasteiger partial charge on any atom is 0.251 e. The molecule has 0 aliphatic carbocycles. The van der Waals surface area contributed by atoms with Crippen molar-refractivity contribution in [2.45, 2.75) is 51.6 Å². The first kappa shape index (κ1) is 17.9. The molecule has 0 bridgehead atoms. The number of nitrogens with one attached hydrogen (secondary N) is 1. The molecule has 2 saturated heterocycles. The van der Waals surface area contributed by atoms with Crippen LogP contribution in [0.2, 0.25) is 0 Å². The lowest BCUT2D eigenvalue weighted by molar-refractivity contribution is -0.146. The lowest BCUT2D eigenvalue weighted by Crippen LogP contribution is -2.53. The fourth-order valence-electron chi connectivity index (χ4n) is 3.98. The molecule has 2 amide bonds. The summed E-state index contributed by atoms with van der Waals surface area (Å²) in [6.45, 7) is 4.66. The summed E-state index contributed by atoms with van der Waals surface area (Å²) in [6, 6.07) is 0. The maximum atomic E-state index is 12.3. The Hall–Kier alpha value is -1.89. The zero-order valence-electron chi connectivity index (χ0n) is 14.9. The normalized spacial score (nSPS) is 21.6. The Kier molecular flexibility index (Phi) is 5.42. The number of aliphatic hydroxyl groups excluding tert-OH is 1. The number of carbonyl (C=O) groups excluding carboxylic acids is 2. The first-order chi connectivity index (χ1) is 12.0. The smallest absolute Gasteiger partial charge is 0.251 e. The number of nitrogens with zero attached hydrogens (tertiary/aromatic N) is 3. The van der Waals surface area contributed by atoms with Gasteiger partial charge in [0.25, 0.3) is 5.91 Å². The highest BCUT2D eigenvalue weighted by molar-refractivity contribution is 5.80. The molecule has 0 radical (unpaired) electrons. The third-order valence-corrected chi connectivity index (χ3v) is 5.76. The SMILES string of the molecule is CC[C@H](O)C(=O)N1CCC2(CCC(=O)N(CCc3cnc[nH]3)C2)CC1. The number of aromatic nitrogens is 2. The number of hydrogen-bond donors (Lipinski definition) is 2. The van der Waals surface area contributed by atoms with Gasteiger partial charge in [-0.05, 0) is 31.1 Å². The van der Waals surface area contributed by atoms with Crippen molar-refractivity contribution >= 4 is 11.8 Å². The van der Waals surface area contributed by atoms with Crippen LogP contribution in [0.25, 0.3) is 0 Å². The van der Waals surface area contributed by atoms with E-state index in [1.165, 1.54) is 0 Å². The molecule has 0 saturated carbocycles. The van der Waals surface area contributed by atoms with E-state index in [0.29, 0.717) is 32.5 Å². The van der Waals surface area contributed by atoms with Crippen LogP contribution in [0, 0.1) is 5.41 Å². The van der Waals surface area contributed by atoms with Crippen LogP contribution in [0.4, 0.5) is 0 Å². The van der Waals surface area contributed by atoms with Crippen LogP contribution in [-0.2, 0) is 16.0 Å². The number of aliphatic hydroxyl groups is 1. The summed E-state index contributed by atoms with van der Waals surface area (Å²) < 4.78 is 0. The van der Waals surface area contributed by atoms with Crippen molar-refractivity contribution in [3.8, 4) is 0 Å². The Balaban J connectivity index is 1.56. The molecule has 2 fully saturated rings. The van der Waals surface area contributed by atoms with E-state index in [4.69, 9.17) is 0 Å². The molecule has 138 valence electrons. The summed E-state index contributed by atoms with van der Waals surface area (Å²) >= 11 is 0. The number of hydrogen-bond acceptors (Lipinski definition) is 4. The maximum absolute atomic E-state index is 12.3. The number of amides is 2. The highest BCUT2D eigenvalue weighted by Gasteiger charge is 2.42. The van der Waals surface area contributed by atoms with Crippen LogP contribution in [0.5, 0.6) is 0 Å². The second-order valence-electron chi connectivity index (χ2n) is 7.39. The van der Waals surface area contributed by atoms with Crippen LogP contribution in [-0.4, -0.2) is 69.0 Å². The summed E-state index contributed by atoms with van der Waals surface area (Å²) in [5, 5.41) is 9.77. The molecule has 2 N–H and O–H groups in total. The van der Waals surface area contributed by atoms with E-state index in [2.05, 4.69) is 9.97 Å². The van der Waals surface area contributed by atoms with E-state index in [1.54, 1.807) is 17.4 Å². The first-order valence-electron chi connectivity index (χ1n) is 9.25.